The molecule has 112 valence electrons. The number of ether oxygens (including phenoxy) is 2. The average molecular weight is 293 g/mol. The number of hydrogen-bond acceptors (Lipinski definition) is 3. The van der Waals surface area contributed by atoms with Crippen molar-refractivity contribution in [1.82, 2.24) is 5.32 Å². The largest absolute Gasteiger partial charge is 0.493 e. The Labute approximate surface area is 130 Å². The van der Waals surface area contributed by atoms with Crippen LogP contribution in [0.15, 0.2) is 42.5 Å². The maximum atomic E-state index is 6.06. The summed E-state index contributed by atoms with van der Waals surface area (Å²) in [7, 11) is 0. The van der Waals surface area contributed by atoms with Gasteiger partial charge in [0.1, 0.15) is 18.1 Å². The van der Waals surface area contributed by atoms with Crippen LogP contribution < -0.4 is 14.8 Å². The van der Waals surface area contributed by atoms with E-state index in [4.69, 9.17) is 9.47 Å². The molecule has 5 rings (SSSR count). The van der Waals surface area contributed by atoms with Crippen molar-refractivity contribution < 1.29 is 9.47 Å². The smallest absolute Gasteiger partial charge is 0.122 e. The zero-order chi connectivity index (χ0) is 14.5. The third-order valence-electron chi connectivity index (χ3n) is 5.31. The first-order chi connectivity index (χ1) is 10.9. The molecule has 2 aromatic rings. The van der Waals surface area contributed by atoms with Crippen LogP contribution in [0.25, 0.3) is 0 Å². The Morgan fingerprint density at radius 1 is 1.14 bits per heavy atom. The third-order valence-corrected chi connectivity index (χ3v) is 5.31. The van der Waals surface area contributed by atoms with Crippen LogP contribution in [0.5, 0.6) is 11.5 Å². The normalized spacial score (nSPS) is 27.4. The Kier molecular flexibility index (Phi) is 2.71. The molecule has 2 heterocycles. The zero-order valence-corrected chi connectivity index (χ0v) is 12.4. The maximum absolute atomic E-state index is 6.06. The first kappa shape index (κ1) is 12.5. The van der Waals surface area contributed by atoms with Gasteiger partial charge in [-0.25, -0.2) is 0 Å². The summed E-state index contributed by atoms with van der Waals surface area (Å²) >= 11 is 0. The number of benzene rings is 2. The molecule has 3 atom stereocenters. The number of hydrogen-bond donors (Lipinski definition) is 1. The van der Waals surface area contributed by atoms with Gasteiger partial charge in [0.25, 0.3) is 0 Å². The summed E-state index contributed by atoms with van der Waals surface area (Å²) in [6.45, 7) is 2.60. The van der Waals surface area contributed by atoms with E-state index in [0.29, 0.717) is 17.9 Å². The van der Waals surface area contributed by atoms with Crippen molar-refractivity contribution in [2.75, 3.05) is 19.8 Å². The molecular weight excluding hydrogens is 274 g/mol. The van der Waals surface area contributed by atoms with Crippen LogP contribution in [-0.2, 0) is 6.42 Å². The molecule has 0 amide bonds. The lowest BCUT2D eigenvalue weighted by atomic mass is 9.67. The lowest BCUT2D eigenvalue weighted by Crippen LogP contribution is -2.35. The van der Waals surface area contributed by atoms with Crippen LogP contribution in [0.4, 0.5) is 0 Å². The summed E-state index contributed by atoms with van der Waals surface area (Å²) in [5.74, 6) is 3.27. The molecule has 1 fully saturated rings. The standard InChI is InChI=1S/C19H19NO2/c1-2-4-15-14(3-1)16-10-20-17(19(15)16)11-22-13-5-6-18-12(9-13)7-8-21-18/h1-6,9,16-17,19-20H,7-8,10-11H2/t16-,17+,19+/m1/s1. The van der Waals surface area contributed by atoms with Gasteiger partial charge in [0.15, 0.2) is 0 Å². The fourth-order valence-electron chi connectivity index (χ4n) is 4.21. The van der Waals surface area contributed by atoms with Gasteiger partial charge < -0.3 is 14.8 Å². The molecule has 0 bridgehead atoms. The third kappa shape index (κ3) is 1.78. The molecule has 0 saturated carbocycles. The first-order valence-electron chi connectivity index (χ1n) is 8.11. The predicted octanol–water partition coefficient (Wildman–Crippen LogP) is 2.85. The Morgan fingerprint density at radius 3 is 3.00 bits per heavy atom. The highest BCUT2D eigenvalue weighted by Crippen LogP contribution is 2.51. The van der Waals surface area contributed by atoms with E-state index in [9.17, 15) is 0 Å². The highest BCUT2D eigenvalue weighted by molar-refractivity contribution is 5.48. The summed E-state index contributed by atoms with van der Waals surface area (Å²) in [4.78, 5) is 0. The highest BCUT2D eigenvalue weighted by atomic mass is 16.5. The molecule has 0 unspecified atom stereocenters. The van der Waals surface area contributed by atoms with Crippen LogP contribution in [0, 0.1) is 0 Å². The van der Waals surface area contributed by atoms with E-state index in [2.05, 4.69) is 35.6 Å². The van der Waals surface area contributed by atoms with E-state index < -0.39 is 0 Å². The van der Waals surface area contributed by atoms with Crippen LogP contribution in [-0.4, -0.2) is 25.8 Å². The summed E-state index contributed by atoms with van der Waals surface area (Å²) in [6, 6.07) is 15.4. The van der Waals surface area contributed by atoms with E-state index >= 15 is 0 Å². The summed E-state index contributed by atoms with van der Waals surface area (Å²) in [5, 5.41) is 3.64. The van der Waals surface area contributed by atoms with Crippen molar-refractivity contribution in [2.45, 2.75) is 24.3 Å². The number of rotatable bonds is 3. The van der Waals surface area contributed by atoms with E-state index in [1.54, 1.807) is 0 Å². The Bertz CT molecular complexity index is 727. The summed E-state index contributed by atoms with van der Waals surface area (Å²) in [6.07, 6.45) is 0.992. The van der Waals surface area contributed by atoms with E-state index in [1.807, 2.05) is 12.1 Å². The quantitative estimate of drug-likeness (QED) is 0.944. The molecule has 1 aliphatic carbocycles. The second-order valence-corrected chi connectivity index (χ2v) is 6.45. The van der Waals surface area contributed by atoms with Crippen molar-refractivity contribution in [1.29, 1.82) is 0 Å². The van der Waals surface area contributed by atoms with Gasteiger partial charge in [-0.15, -0.1) is 0 Å². The topological polar surface area (TPSA) is 30.5 Å². The van der Waals surface area contributed by atoms with Crippen LogP contribution >= 0.6 is 0 Å². The van der Waals surface area contributed by atoms with Gasteiger partial charge in [-0.05, 0) is 29.3 Å². The fraction of sp³-hybridized carbons (Fsp3) is 0.368. The van der Waals surface area contributed by atoms with Crippen molar-refractivity contribution in [3.8, 4) is 11.5 Å². The Hall–Kier alpha value is -2.00. The van der Waals surface area contributed by atoms with Crippen molar-refractivity contribution >= 4 is 0 Å². The van der Waals surface area contributed by atoms with Crippen molar-refractivity contribution in [3.05, 3.63) is 59.2 Å². The lowest BCUT2D eigenvalue weighted by molar-refractivity contribution is 0.260. The molecule has 1 saturated heterocycles. The van der Waals surface area contributed by atoms with Gasteiger partial charge in [-0.3, -0.25) is 0 Å². The monoisotopic (exact) mass is 293 g/mol. The second-order valence-electron chi connectivity index (χ2n) is 6.45. The fourth-order valence-corrected chi connectivity index (χ4v) is 4.21. The van der Waals surface area contributed by atoms with Crippen LogP contribution in [0.2, 0.25) is 0 Å². The van der Waals surface area contributed by atoms with Gasteiger partial charge in [0, 0.05) is 36.4 Å². The lowest BCUT2D eigenvalue weighted by Gasteiger charge is -2.36. The van der Waals surface area contributed by atoms with Gasteiger partial charge in [-0.1, -0.05) is 24.3 Å². The zero-order valence-electron chi connectivity index (χ0n) is 12.4. The molecule has 2 aromatic carbocycles. The molecule has 3 heteroatoms. The molecule has 0 aromatic heterocycles. The second kappa shape index (κ2) is 4.75. The van der Waals surface area contributed by atoms with Crippen molar-refractivity contribution in [3.63, 3.8) is 0 Å². The van der Waals surface area contributed by atoms with Crippen molar-refractivity contribution in [2.24, 2.45) is 0 Å². The van der Waals surface area contributed by atoms with Crippen LogP contribution in [0.1, 0.15) is 28.5 Å². The first-order valence-corrected chi connectivity index (χ1v) is 8.11. The van der Waals surface area contributed by atoms with E-state index in [1.165, 1.54) is 16.7 Å². The summed E-state index contributed by atoms with van der Waals surface area (Å²) < 4.78 is 11.6. The van der Waals surface area contributed by atoms with Gasteiger partial charge in [0.05, 0.1) is 6.61 Å². The number of nitrogens with one attached hydrogen (secondary N) is 1. The maximum Gasteiger partial charge on any atom is 0.122 e. The SMILES string of the molecule is c1ccc2c(c1)[C@@H]1[C@H](COc3ccc4c(c3)CCO4)NC[C@H]21. The molecule has 0 radical (unpaired) electrons. The minimum absolute atomic E-state index is 0.421. The van der Waals surface area contributed by atoms with E-state index in [0.717, 1.165) is 37.7 Å². The molecule has 3 nitrogen and oxygen atoms in total. The van der Waals surface area contributed by atoms with Gasteiger partial charge >= 0.3 is 0 Å². The molecular formula is C19H19NO2. The minimum Gasteiger partial charge on any atom is -0.493 e. The Morgan fingerprint density at radius 2 is 2.05 bits per heavy atom. The highest BCUT2D eigenvalue weighted by Gasteiger charge is 2.46. The average Bonchev–Trinajstić information content (AvgIpc) is 3.14. The molecule has 2 aliphatic heterocycles. The minimum atomic E-state index is 0.421. The van der Waals surface area contributed by atoms with E-state index in [-0.39, 0.29) is 0 Å². The van der Waals surface area contributed by atoms with Crippen LogP contribution in [0.3, 0.4) is 0 Å². The summed E-state index contributed by atoms with van der Waals surface area (Å²) in [5.41, 5.74) is 4.30. The molecule has 1 N–H and O–H groups in total. The number of fused-ring (bicyclic) bond motifs is 5. The molecule has 22 heavy (non-hydrogen) atoms. The van der Waals surface area contributed by atoms with Gasteiger partial charge in [-0.2, -0.15) is 0 Å². The Balaban J connectivity index is 1.30. The van der Waals surface area contributed by atoms with Gasteiger partial charge in [0.2, 0.25) is 0 Å². The predicted molar refractivity (Wildman–Crippen MR) is 84.9 cm³/mol. The molecule has 0 spiro atoms. The molecule has 3 aliphatic rings.